The average Bonchev–Trinajstić information content (AvgIpc) is 2.76. The van der Waals surface area contributed by atoms with E-state index in [0.717, 1.165) is 0 Å². The van der Waals surface area contributed by atoms with Gasteiger partial charge in [0.1, 0.15) is 0 Å². The normalized spacial score (nSPS) is 18.8. The lowest BCUT2D eigenvalue weighted by atomic mass is 9.97. The molecule has 10 nitrogen and oxygen atoms in total. The van der Waals surface area contributed by atoms with Gasteiger partial charge in [0.2, 0.25) is 11.8 Å². The molecular weight excluding hydrogens is 463 g/mol. The highest BCUT2D eigenvalue weighted by atomic mass is 35.5. The van der Waals surface area contributed by atoms with E-state index in [0.29, 0.717) is 51.9 Å². The fraction of sp³-hybridized carbons (Fsp3) is 0.500. The van der Waals surface area contributed by atoms with Gasteiger partial charge in [-0.3, -0.25) is 9.59 Å². The van der Waals surface area contributed by atoms with Crippen molar-refractivity contribution in [2.24, 2.45) is 23.3 Å². The Morgan fingerprint density at radius 1 is 0.719 bits per heavy atom. The predicted molar refractivity (Wildman–Crippen MR) is 114 cm³/mol. The predicted octanol–water partition coefficient (Wildman–Crippen LogP) is 1.53. The van der Waals surface area contributed by atoms with Gasteiger partial charge in [-0.1, -0.05) is 23.2 Å². The van der Waals surface area contributed by atoms with Crippen molar-refractivity contribution in [2.45, 2.75) is 25.7 Å². The van der Waals surface area contributed by atoms with Crippen LogP contribution in [0.3, 0.4) is 0 Å². The Labute approximate surface area is 194 Å². The van der Waals surface area contributed by atoms with E-state index in [1.54, 1.807) is 0 Å². The molecule has 0 spiro atoms. The van der Waals surface area contributed by atoms with E-state index in [9.17, 15) is 19.2 Å². The Balaban J connectivity index is 1.68. The van der Waals surface area contributed by atoms with Crippen LogP contribution in [0.4, 0.5) is 0 Å². The lowest BCUT2D eigenvalue weighted by Gasteiger charge is -2.29. The summed E-state index contributed by atoms with van der Waals surface area (Å²) < 4.78 is 0. The van der Waals surface area contributed by atoms with Gasteiger partial charge in [-0.2, -0.15) is 0 Å². The van der Waals surface area contributed by atoms with Gasteiger partial charge in [-0.15, -0.1) is 10.1 Å². The third kappa shape index (κ3) is 5.89. The molecular formula is C20H24Cl2N4O6. The van der Waals surface area contributed by atoms with Crippen LogP contribution in [-0.2, 0) is 19.3 Å². The first kappa shape index (κ1) is 24.2. The van der Waals surface area contributed by atoms with E-state index < -0.39 is 11.9 Å². The van der Waals surface area contributed by atoms with Crippen molar-refractivity contribution >= 4 is 47.0 Å². The maximum absolute atomic E-state index is 12.8. The zero-order chi connectivity index (χ0) is 23.4. The van der Waals surface area contributed by atoms with E-state index in [1.165, 1.54) is 22.3 Å². The third-order valence-corrected chi connectivity index (χ3v) is 6.36. The molecule has 0 bridgehead atoms. The largest absolute Gasteiger partial charge is 0.369 e. The third-order valence-electron chi connectivity index (χ3n) is 5.64. The van der Waals surface area contributed by atoms with Crippen molar-refractivity contribution in [3.8, 4) is 0 Å². The molecule has 1 aromatic carbocycles. The summed E-state index contributed by atoms with van der Waals surface area (Å²) >= 11 is 12.1. The van der Waals surface area contributed by atoms with Crippen LogP contribution in [-0.4, -0.2) is 60.1 Å². The minimum atomic E-state index is -0.805. The number of halogens is 2. The number of piperidine rings is 2. The topological polar surface area (TPSA) is 145 Å². The monoisotopic (exact) mass is 486 g/mol. The molecule has 32 heavy (non-hydrogen) atoms. The molecule has 2 aliphatic rings. The zero-order valence-corrected chi connectivity index (χ0v) is 18.7. The van der Waals surface area contributed by atoms with E-state index in [4.69, 9.17) is 44.3 Å². The molecule has 1 aromatic rings. The molecule has 3 rings (SSSR count). The number of primary amides is 2. The highest BCUT2D eigenvalue weighted by Crippen LogP contribution is 2.28. The Morgan fingerprint density at radius 3 is 1.31 bits per heavy atom. The van der Waals surface area contributed by atoms with Crippen LogP contribution in [0, 0.1) is 11.8 Å². The van der Waals surface area contributed by atoms with Crippen molar-refractivity contribution in [1.29, 1.82) is 0 Å². The minimum Gasteiger partial charge on any atom is -0.369 e. The second-order valence-electron chi connectivity index (χ2n) is 7.78. The molecule has 0 aromatic heterocycles. The highest BCUT2D eigenvalue weighted by Gasteiger charge is 2.30. The van der Waals surface area contributed by atoms with Gasteiger partial charge in [-0.25, -0.2) is 9.59 Å². The zero-order valence-electron chi connectivity index (χ0n) is 17.2. The van der Waals surface area contributed by atoms with E-state index >= 15 is 0 Å². The molecule has 0 atom stereocenters. The van der Waals surface area contributed by atoms with E-state index in [-0.39, 0.29) is 44.8 Å². The second kappa shape index (κ2) is 10.5. The average molecular weight is 487 g/mol. The van der Waals surface area contributed by atoms with Gasteiger partial charge >= 0.3 is 11.9 Å². The molecule has 2 fully saturated rings. The van der Waals surface area contributed by atoms with Crippen LogP contribution >= 0.6 is 23.2 Å². The summed E-state index contributed by atoms with van der Waals surface area (Å²) in [6.07, 6.45) is 1.83. The van der Waals surface area contributed by atoms with E-state index in [2.05, 4.69) is 0 Å². The van der Waals surface area contributed by atoms with Gasteiger partial charge in [0.05, 0.1) is 21.2 Å². The maximum atomic E-state index is 12.8. The van der Waals surface area contributed by atoms with Crippen molar-refractivity contribution in [3.05, 3.63) is 33.3 Å². The van der Waals surface area contributed by atoms with Gasteiger partial charge in [0.15, 0.2) is 0 Å². The van der Waals surface area contributed by atoms with Gasteiger partial charge in [0, 0.05) is 38.0 Å². The Hall–Kier alpha value is -2.40. The smallest absolute Gasteiger partial charge is 0.357 e. The molecule has 2 saturated heterocycles. The fourth-order valence-electron chi connectivity index (χ4n) is 3.68. The molecule has 0 saturated carbocycles. The quantitative estimate of drug-likeness (QED) is 0.615. The molecule has 4 N–H and O–H groups in total. The number of hydrogen-bond acceptors (Lipinski definition) is 8. The minimum absolute atomic E-state index is 0.0740. The number of nitrogens with two attached hydrogens (primary N) is 2. The van der Waals surface area contributed by atoms with Crippen LogP contribution < -0.4 is 11.5 Å². The lowest BCUT2D eigenvalue weighted by molar-refractivity contribution is -0.140. The lowest BCUT2D eigenvalue weighted by Crippen LogP contribution is -2.40. The summed E-state index contributed by atoms with van der Waals surface area (Å²) in [7, 11) is 0. The van der Waals surface area contributed by atoms with Gasteiger partial charge in [0.25, 0.3) is 0 Å². The van der Waals surface area contributed by atoms with Crippen molar-refractivity contribution in [3.63, 3.8) is 0 Å². The number of benzene rings is 1. The summed E-state index contributed by atoms with van der Waals surface area (Å²) in [6.45, 7) is 1.31. The van der Waals surface area contributed by atoms with Crippen molar-refractivity contribution < 1.29 is 28.9 Å². The van der Waals surface area contributed by atoms with Crippen LogP contribution in [0.25, 0.3) is 0 Å². The van der Waals surface area contributed by atoms with Crippen LogP contribution in [0.1, 0.15) is 46.4 Å². The van der Waals surface area contributed by atoms with Crippen LogP contribution in [0.15, 0.2) is 12.1 Å². The molecule has 174 valence electrons. The fourth-order valence-corrected chi connectivity index (χ4v) is 4.01. The second-order valence-corrected chi connectivity index (χ2v) is 8.60. The number of nitrogens with zero attached hydrogens (tertiary/aromatic N) is 2. The molecule has 2 amide bonds. The number of carbonyl (C=O) groups excluding carboxylic acids is 4. The maximum Gasteiger partial charge on any atom is 0.357 e. The first-order chi connectivity index (χ1) is 15.2. The number of hydroxylamine groups is 4. The summed E-state index contributed by atoms with van der Waals surface area (Å²) in [5.74, 6) is -2.91. The Kier molecular flexibility index (Phi) is 7.94. The molecule has 2 aliphatic heterocycles. The number of carbonyl (C=O) groups is 4. The van der Waals surface area contributed by atoms with Crippen LogP contribution in [0.2, 0.25) is 10.0 Å². The highest BCUT2D eigenvalue weighted by molar-refractivity contribution is 6.42. The number of hydrogen-bond donors (Lipinski definition) is 2. The Bertz CT molecular complexity index is 839. The molecule has 0 aliphatic carbocycles. The first-order valence-electron chi connectivity index (χ1n) is 10.2. The van der Waals surface area contributed by atoms with E-state index in [1.807, 2.05) is 0 Å². The Morgan fingerprint density at radius 2 is 1.03 bits per heavy atom. The molecule has 0 radical (unpaired) electrons. The van der Waals surface area contributed by atoms with Gasteiger partial charge < -0.3 is 21.1 Å². The van der Waals surface area contributed by atoms with Crippen LogP contribution in [0.5, 0.6) is 0 Å². The summed E-state index contributed by atoms with van der Waals surface area (Å²) in [5.41, 5.74) is 10.4. The molecule has 0 unspecified atom stereocenters. The first-order valence-corrected chi connectivity index (χ1v) is 10.9. The summed E-state index contributed by atoms with van der Waals surface area (Å²) in [6, 6.07) is 2.50. The molecule has 12 heteroatoms. The summed E-state index contributed by atoms with van der Waals surface area (Å²) in [5, 5.41) is 2.97. The van der Waals surface area contributed by atoms with Crippen molar-refractivity contribution in [1.82, 2.24) is 10.1 Å². The number of amides is 2. The SMILES string of the molecule is NC(=O)C1CCN(OC(=O)c2cc(Cl)c(Cl)cc2C(=O)ON2CCC(C(N)=O)CC2)CC1. The standard InChI is InChI=1S/C20H24Cl2N4O6/c21-15-9-13(19(29)31-25-5-1-11(2-6-25)17(23)27)14(10-16(15)22)20(30)32-26-7-3-12(4-8-26)18(24)28/h9-12H,1-8H2,(H2,23,27)(H2,24,28). The van der Waals surface area contributed by atoms with Gasteiger partial charge in [-0.05, 0) is 37.8 Å². The van der Waals surface area contributed by atoms with Crippen molar-refractivity contribution in [2.75, 3.05) is 26.2 Å². The number of rotatable bonds is 6. The summed E-state index contributed by atoms with van der Waals surface area (Å²) in [4.78, 5) is 59.0. The molecule has 2 heterocycles.